The number of methoxy groups -OCH3 is 1. The van der Waals surface area contributed by atoms with E-state index in [1.54, 1.807) is 20.4 Å². The maximum absolute atomic E-state index is 6.32. The Labute approximate surface area is 188 Å². The van der Waals surface area contributed by atoms with E-state index >= 15 is 0 Å². The number of aliphatic imine (C=N–C) groups is 1. The van der Waals surface area contributed by atoms with Crippen molar-refractivity contribution in [3.8, 4) is 23.0 Å². The standard InChI is InChI=1S/C25H30N4O3/c1-26-25(28-16-20-17-31-24(29-20)18-9-4-3-5-10-18)27-15-19-11-8-14-22(30-2)23(19)32-21-12-6-7-13-21/h3-5,8-11,14,17,21H,6-7,12-13,15-16H2,1-2H3,(H2,26,27,28). The molecule has 1 fully saturated rings. The van der Waals surface area contributed by atoms with Gasteiger partial charge >= 0.3 is 0 Å². The third-order valence-corrected chi connectivity index (χ3v) is 5.55. The lowest BCUT2D eigenvalue weighted by molar-refractivity contribution is 0.198. The Morgan fingerprint density at radius 2 is 1.84 bits per heavy atom. The van der Waals surface area contributed by atoms with Crippen molar-refractivity contribution in [3.63, 3.8) is 0 Å². The molecule has 0 radical (unpaired) electrons. The molecule has 1 heterocycles. The number of hydrogen-bond acceptors (Lipinski definition) is 5. The average Bonchev–Trinajstić information content (AvgIpc) is 3.53. The molecule has 168 valence electrons. The molecule has 0 saturated heterocycles. The number of hydrogen-bond donors (Lipinski definition) is 2. The highest BCUT2D eigenvalue weighted by molar-refractivity contribution is 5.79. The van der Waals surface area contributed by atoms with Crippen LogP contribution in [0.5, 0.6) is 11.5 Å². The number of benzene rings is 2. The summed E-state index contributed by atoms with van der Waals surface area (Å²) in [5.41, 5.74) is 2.79. The molecule has 7 nitrogen and oxygen atoms in total. The summed E-state index contributed by atoms with van der Waals surface area (Å²) in [6.45, 7) is 1.06. The summed E-state index contributed by atoms with van der Waals surface area (Å²) in [7, 11) is 3.42. The van der Waals surface area contributed by atoms with E-state index in [2.05, 4.69) is 26.7 Å². The topological polar surface area (TPSA) is 80.9 Å². The Morgan fingerprint density at radius 1 is 1.06 bits per heavy atom. The van der Waals surface area contributed by atoms with Gasteiger partial charge in [-0.3, -0.25) is 4.99 Å². The molecule has 0 spiro atoms. The van der Waals surface area contributed by atoms with Crippen LogP contribution in [0.25, 0.3) is 11.5 Å². The second kappa shape index (κ2) is 10.7. The largest absolute Gasteiger partial charge is 0.493 e. The lowest BCUT2D eigenvalue weighted by atomic mass is 10.1. The van der Waals surface area contributed by atoms with Crippen LogP contribution in [0.15, 0.2) is 64.2 Å². The van der Waals surface area contributed by atoms with E-state index in [4.69, 9.17) is 13.9 Å². The molecule has 1 aliphatic carbocycles. The quantitative estimate of drug-likeness (QED) is 0.400. The Balaban J connectivity index is 1.36. The zero-order chi connectivity index (χ0) is 22.2. The van der Waals surface area contributed by atoms with Crippen molar-refractivity contribution in [1.82, 2.24) is 15.6 Å². The SMILES string of the molecule is CN=C(NCc1coc(-c2ccccc2)n1)NCc1cccc(OC)c1OC1CCCC1. The van der Waals surface area contributed by atoms with Crippen LogP contribution < -0.4 is 20.1 Å². The van der Waals surface area contributed by atoms with Crippen molar-refractivity contribution in [2.24, 2.45) is 4.99 Å². The van der Waals surface area contributed by atoms with Crippen molar-refractivity contribution < 1.29 is 13.9 Å². The number of nitrogens with one attached hydrogen (secondary N) is 2. The van der Waals surface area contributed by atoms with Gasteiger partial charge in [-0.05, 0) is 43.9 Å². The lowest BCUT2D eigenvalue weighted by Gasteiger charge is -2.20. The molecule has 0 bridgehead atoms. The summed E-state index contributed by atoms with van der Waals surface area (Å²) in [6.07, 6.45) is 6.55. The fourth-order valence-electron chi connectivity index (χ4n) is 3.84. The first-order valence-electron chi connectivity index (χ1n) is 11.0. The highest BCUT2D eigenvalue weighted by atomic mass is 16.5. The van der Waals surface area contributed by atoms with E-state index in [1.807, 2.05) is 42.5 Å². The first kappa shape index (κ1) is 21.7. The minimum absolute atomic E-state index is 0.258. The third-order valence-electron chi connectivity index (χ3n) is 5.55. The smallest absolute Gasteiger partial charge is 0.226 e. The molecular formula is C25H30N4O3. The van der Waals surface area contributed by atoms with Gasteiger partial charge in [0, 0.05) is 24.7 Å². The second-order valence-electron chi connectivity index (χ2n) is 7.76. The molecule has 0 amide bonds. The van der Waals surface area contributed by atoms with Gasteiger partial charge < -0.3 is 24.5 Å². The van der Waals surface area contributed by atoms with Crippen LogP contribution in [0.3, 0.4) is 0 Å². The minimum Gasteiger partial charge on any atom is -0.493 e. The fraction of sp³-hybridized carbons (Fsp3) is 0.360. The molecule has 1 aliphatic rings. The molecule has 2 aromatic carbocycles. The minimum atomic E-state index is 0.258. The molecular weight excluding hydrogens is 404 g/mol. The molecule has 0 atom stereocenters. The van der Waals surface area contributed by atoms with Crippen LogP contribution in [0.4, 0.5) is 0 Å². The van der Waals surface area contributed by atoms with Crippen LogP contribution >= 0.6 is 0 Å². The molecule has 32 heavy (non-hydrogen) atoms. The molecule has 1 saturated carbocycles. The first-order valence-corrected chi connectivity index (χ1v) is 11.0. The molecule has 3 aromatic rings. The van der Waals surface area contributed by atoms with Gasteiger partial charge in [0.1, 0.15) is 6.26 Å². The number of guanidine groups is 1. The van der Waals surface area contributed by atoms with E-state index in [0.29, 0.717) is 24.9 Å². The van der Waals surface area contributed by atoms with Gasteiger partial charge in [-0.1, -0.05) is 30.3 Å². The number of oxazole rings is 1. The maximum atomic E-state index is 6.32. The van der Waals surface area contributed by atoms with Crippen molar-refractivity contribution >= 4 is 5.96 Å². The highest BCUT2D eigenvalue weighted by Gasteiger charge is 2.20. The van der Waals surface area contributed by atoms with Crippen LogP contribution in [0.1, 0.15) is 36.9 Å². The summed E-state index contributed by atoms with van der Waals surface area (Å²) in [5, 5.41) is 6.64. The number of aromatic nitrogens is 1. The average molecular weight is 435 g/mol. The summed E-state index contributed by atoms with van der Waals surface area (Å²) >= 11 is 0. The predicted octanol–water partition coefficient (Wildman–Crippen LogP) is 4.54. The monoisotopic (exact) mass is 434 g/mol. The van der Waals surface area contributed by atoms with E-state index in [9.17, 15) is 0 Å². The summed E-state index contributed by atoms with van der Waals surface area (Å²) in [5.74, 6) is 2.85. The normalized spacial score (nSPS) is 14.4. The highest BCUT2D eigenvalue weighted by Crippen LogP contribution is 2.34. The zero-order valence-corrected chi connectivity index (χ0v) is 18.6. The van der Waals surface area contributed by atoms with E-state index in [1.165, 1.54) is 12.8 Å². The Kier molecular flexibility index (Phi) is 7.27. The first-order chi connectivity index (χ1) is 15.8. The lowest BCUT2D eigenvalue weighted by Crippen LogP contribution is -2.36. The zero-order valence-electron chi connectivity index (χ0n) is 18.6. The molecule has 0 unspecified atom stereocenters. The van der Waals surface area contributed by atoms with Crippen molar-refractivity contribution in [2.75, 3.05) is 14.2 Å². The Bertz CT molecular complexity index is 1030. The van der Waals surface area contributed by atoms with Gasteiger partial charge in [0.25, 0.3) is 0 Å². The third kappa shape index (κ3) is 5.41. The number of ether oxygens (including phenoxy) is 2. The van der Waals surface area contributed by atoms with Gasteiger partial charge in [-0.25, -0.2) is 4.98 Å². The van der Waals surface area contributed by atoms with Crippen molar-refractivity contribution in [1.29, 1.82) is 0 Å². The molecule has 7 heteroatoms. The number of nitrogens with zero attached hydrogens (tertiary/aromatic N) is 2. The molecule has 0 aliphatic heterocycles. The van der Waals surface area contributed by atoms with Crippen LogP contribution in [-0.4, -0.2) is 31.2 Å². The Morgan fingerprint density at radius 3 is 2.59 bits per heavy atom. The van der Waals surface area contributed by atoms with Crippen LogP contribution in [-0.2, 0) is 13.1 Å². The summed E-state index contributed by atoms with van der Waals surface area (Å²) < 4.78 is 17.5. The molecule has 2 N–H and O–H groups in total. The van der Waals surface area contributed by atoms with Crippen LogP contribution in [0, 0.1) is 0 Å². The Hall–Kier alpha value is -3.48. The molecule has 4 rings (SSSR count). The maximum Gasteiger partial charge on any atom is 0.226 e. The summed E-state index contributed by atoms with van der Waals surface area (Å²) in [6, 6.07) is 15.8. The number of rotatable bonds is 8. The van der Waals surface area contributed by atoms with Gasteiger partial charge in [-0.2, -0.15) is 0 Å². The van der Waals surface area contributed by atoms with Gasteiger partial charge in [-0.15, -0.1) is 0 Å². The summed E-state index contributed by atoms with van der Waals surface area (Å²) in [4.78, 5) is 8.87. The second-order valence-corrected chi connectivity index (χ2v) is 7.76. The molecule has 1 aromatic heterocycles. The van der Waals surface area contributed by atoms with E-state index < -0.39 is 0 Å². The van der Waals surface area contributed by atoms with E-state index in [0.717, 1.165) is 41.2 Å². The fourth-order valence-corrected chi connectivity index (χ4v) is 3.84. The van der Waals surface area contributed by atoms with E-state index in [-0.39, 0.29) is 6.10 Å². The van der Waals surface area contributed by atoms with Crippen molar-refractivity contribution in [2.45, 2.75) is 44.9 Å². The number of para-hydroxylation sites is 1. The van der Waals surface area contributed by atoms with Gasteiger partial charge in [0.15, 0.2) is 17.5 Å². The van der Waals surface area contributed by atoms with Crippen molar-refractivity contribution in [3.05, 3.63) is 66.1 Å². The van der Waals surface area contributed by atoms with Crippen LogP contribution in [0.2, 0.25) is 0 Å². The van der Waals surface area contributed by atoms with Gasteiger partial charge in [0.2, 0.25) is 5.89 Å². The van der Waals surface area contributed by atoms with Gasteiger partial charge in [0.05, 0.1) is 25.5 Å². The predicted molar refractivity (Wildman–Crippen MR) is 125 cm³/mol.